The second kappa shape index (κ2) is 9.50. The molecule has 0 fully saturated rings. The van der Waals surface area contributed by atoms with Gasteiger partial charge in [-0.1, -0.05) is 35.4 Å². The molecular formula is C11H19NO4S2. The van der Waals surface area contributed by atoms with Crippen molar-refractivity contribution in [1.29, 1.82) is 5.26 Å². The average Bonchev–Trinajstić information content (AvgIpc) is 2.34. The number of aliphatic hydroxyl groups excluding tert-OH is 1. The van der Waals surface area contributed by atoms with E-state index in [1.54, 1.807) is 23.8 Å². The fraction of sp³-hybridized carbons (Fsp3) is 0.818. The fourth-order valence-electron chi connectivity index (χ4n) is 0.965. The first-order chi connectivity index (χ1) is 8.52. The molecule has 1 N–H and O–H groups in total. The van der Waals surface area contributed by atoms with Crippen LogP contribution in [0.2, 0.25) is 0 Å². The lowest BCUT2D eigenvalue weighted by Gasteiger charge is -2.21. The zero-order valence-electron chi connectivity index (χ0n) is 10.8. The Labute approximate surface area is 116 Å². The van der Waals surface area contributed by atoms with Crippen molar-refractivity contribution < 1.29 is 19.4 Å². The van der Waals surface area contributed by atoms with Crippen LogP contribution in [-0.4, -0.2) is 42.1 Å². The molecule has 0 bridgehead atoms. The van der Waals surface area contributed by atoms with Gasteiger partial charge >= 0.3 is 5.97 Å². The Kier molecular flexibility index (Phi) is 9.28. The van der Waals surface area contributed by atoms with Gasteiger partial charge in [-0.25, -0.2) is 0 Å². The lowest BCUT2D eigenvalue weighted by atomic mass is 9.92. The number of hydrogen-bond donors (Lipinski definition) is 1. The highest BCUT2D eigenvalue weighted by Crippen LogP contribution is 2.27. The summed E-state index contributed by atoms with van der Waals surface area (Å²) in [5.41, 5.74) is -1.61. The largest absolute Gasteiger partial charge is 0.465 e. The zero-order chi connectivity index (χ0) is 14.0. The molecular weight excluding hydrogens is 274 g/mol. The molecule has 5 nitrogen and oxygen atoms in total. The Morgan fingerprint density at radius 3 is 2.67 bits per heavy atom. The Morgan fingerprint density at radius 2 is 2.22 bits per heavy atom. The van der Waals surface area contributed by atoms with Gasteiger partial charge in [-0.3, -0.25) is 4.79 Å². The van der Waals surface area contributed by atoms with Crippen LogP contribution in [0.3, 0.4) is 0 Å². The van der Waals surface area contributed by atoms with Crippen molar-refractivity contribution in [2.24, 2.45) is 5.41 Å². The van der Waals surface area contributed by atoms with E-state index in [0.717, 1.165) is 0 Å². The van der Waals surface area contributed by atoms with Crippen LogP contribution in [0, 0.1) is 16.7 Å². The molecule has 0 aliphatic heterocycles. The molecule has 18 heavy (non-hydrogen) atoms. The van der Waals surface area contributed by atoms with Gasteiger partial charge in [0.15, 0.2) is 5.41 Å². The van der Waals surface area contributed by atoms with Crippen molar-refractivity contribution in [2.45, 2.75) is 26.0 Å². The van der Waals surface area contributed by atoms with Gasteiger partial charge in [0.25, 0.3) is 0 Å². The Hall–Kier alpha value is -0.420. The highest BCUT2D eigenvalue weighted by Gasteiger charge is 2.40. The van der Waals surface area contributed by atoms with E-state index in [1.807, 2.05) is 0 Å². The number of ether oxygens (including phenoxy) is 2. The number of aliphatic hydroxyl groups is 1. The summed E-state index contributed by atoms with van der Waals surface area (Å²) < 4.78 is 10.0. The molecule has 0 saturated heterocycles. The first-order valence-electron chi connectivity index (χ1n) is 5.57. The molecule has 104 valence electrons. The average molecular weight is 293 g/mol. The second-order valence-corrected chi connectivity index (χ2v) is 6.69. The minimum Gasteiger partial charge on any atom is -0.465 e. The molecule has 0 heterocycles. The second-order valence-electron chi connectivity index (χ2n) is 3.80. The maximum atomic E-state index is 11.6. The van der Waals surface area contributed by atoms with Crippen LogP contribution in [0.15, 0.2) is 0 Å². The number of hydrogen-bond acceptors (Lipinski definition) is 7. The predicted molar refractivity (Wildman–Crippen MR) is 72.9 cm³/mol. The Bertz CT molecular complexity index is 293. The number of esters is 1. The van der Waals surface area contributed by atoms with Gasteiger partial charge in [0, 0.05) is 5.25 Å². The summed E-state index contributed by atoms with van der Waals surface area (Å²) in [6.07, 6.45) is 0. The zero-order valence-corrected chi connectivity index (χ0v) is 12.5. The van der Waals surface area contributed by atoms with Crippen LogP contribution in [0.5, 0.6) is 0 Å². The highest BCUT2D eigenvalue weighted by molar-refractivity contribution is 8.76. The molecule has 0 aliphatic carbocycles. The first-order valence-corrected chi connectivity index (χ1v) is 7.96. The molecule has 0 aromatic carbocycles. The van der Waals surface area contributed by atoms with E-state index >= 15 is 0 Å². The Morgan fingerprint density at radius 1 is 1.56 bits per heavy atom. The predicted octanol–water partition coefficient (Wildman–Crippen LogP) is 1.82. The number of carbonyl (C=O) groups is 1. The van der Waals surface area contributed by atoms with Crippen LogP contribution >= 0.6 is 21.6 Å². The molecule has 0 rings (SSSR count). The third kappa shape index (κ3) is 5.96. The normalized spacial score (nSPS) is 14.0. The van der Waals surface area contributed by atoms with Gasteiger partial charge in [-0.05, 0) is 6.92 Å². The minimum atomic E-state index is -1.61. The maximum Gasteiger partial charge on any atom is 0.331 e. The third-order valence-electron chi connectivity index (χ3n) is 1.89. The van der Waals surface area contributed by atoms with Crippen LogP contribution < -0.4 is 0 Å². The number of nitrogens with zero attached hydrogens (tertiary/aromatic N) is 1. The van der Waals surface area contributed by atoms with E-state index in [4.69, 9.17) is 14.7 Å². The minimum absolute atomic E-state index is 0.162. The summed E-state index contributed by atoms with van der Waals surface area (Å²) in [6, 6.07) is 1.78. The molecule has 0 radical (unpaired) electrons. The number of nitriles is 1. The monoisotopic (exact) mass is 293 g/mol. The van der Waals surface area contributed by atoms with E-state index in [0.29, 0.717) is 11.2 Å². The van der Waals surface area contributed by atoms with Gasteiger partial charge in [0.05, 0.1) is 25.9 Å². The molecule has 0 saturated carbocycles. The molecule has 0 spiro atoms. The standard InChI is InChI=1S/C11H19NO4S2/c1-4-16-10(14)11(5-12,6-13)7-15-8-17-18-9(2)3/h9,13H,4,6-8H2,1-3H3. The summed E-state index contributed by atoms with van der Waals surface area (Å²) in [4.78, 5) is 11.6. The summed E-state index contributed by atoms with van der Waals surface area (Å²) >= 11 is 0. The quantitative estimate of drug-likeness (QED) is 0.300. The lowest BCUT2D eigenvalue weighted by molar-refractivity contribution is -0.157. The van der Waals surface area contributed by atoms with E-state index in [2.05, 4.69) is 13.8 Å². The number of carbonyl (C=O) groups excluding carboxylic acids is 1. The SMILES string of the molecule is CCOC(=O)C(C#N)(CO)COCSSC(C)C. The third-order valence-corrected chi connectivity index (χ3v) is 4.53. The fourth-order valence-corrected chi connectivity index (χ4v) is 2.63. The van der Waals surface area contributed by atoms with E-state index in [9.17, 15) is 9.90 Å². The van der Waals surface area contributed by atoms with Gasteiger partial charge in [0.2, 0.25) is 0 Å². The molecule has 1 atom stereocenters. The first kappa shape index (κ1) is 17.6. The molecule has 0 aromatic heterocycles. The summed E-state index contributed by atoms with van der Waals surface area (Å²) in [6.45, 7) is 5.16. The smallest absolute Gasteiger partial charge is 0.331 e. The van der Waals surface area contributed by atoms with E-state index in [1.165, 1.54) is 10.8 Å². The summed E-state index contributed by atoms with van der Waals surface area (Å²) in [7, 11) is 3.15. The van der Waals surface area contributed by atoms with Crippen molar-refractivity contribution >= 4 is 27.6 Å². The molecule has 0 aromatic rings. The van der Waals surface area contributed by atoms with E-state index in [-0.39, 0.29) is 13.2 Å². The van der Waals surface area contributed by atoms with Crippen LogP contribution in [-0.2, 0) is 14.3 Å². The highest BCUT2D eigenvalue weighted by atomic mass is 33.1. The topological polar surface area (TPSA) is 79.6 Å². The molecule has 0 amide bonds. The molecule has 0 aliphatic rings. The van der Waals surface area contributed by atoms with Crippen molar-refractivity contribution in [2.75, 3.05) is 25.8 Å². The van der Waals surface area contributed by atoms with Gasteiger partial charge < -0.3 is 14.6 Å². The van der Waals surface area contributed by atoms with Crippen molar-refractivity contribution in [3.05, 3.63) is 0 Å². The summed E-state index contributed by atoms with van der Waals surface area (Å²) in [5, 5.41) is 18.7. The van der Waals surface area contributed by atoms with Crippen LogP contribution in [0.25, 0.3) is 0 Å². The maximum absolute atomic E-state index is 11.6. The Balaban J connectivity index is 4.20. The van der Waals surface area contributed by atoms with Gasteiger partial charge in [0.1, 0.15) is 5.94 Å². The van der Waals surface area contributed by atoms with Crippen molar-refractivity contribution in [3.8, 4) is 6.07 Å². The number of rotatable bonds is 9. The van der Waals surface area contributed by atoms with Crippen molar-refractivity contribution in [1.82, 2.24) is 0 Å². The van der Waals surface area contributed by atoms with Gasteiger partial charge in [-0.15, -0.1) is 0 Å². The summed E-state index contributed by atoms with van der Waals surface area (Å²) in [5.74, 6) is -0.386. The van der Waals surface area contributed by atoms with Crippen LogP contribution in [0.1, 0.15) is 20.8 Å². The lowest BCUT2D eigenvalue weighted by Crippen LogP contribution is -2.39. The van der Waals surface area contributed by atoms with Gasteiger partial charge in [-0.2, -0.15) is 5.26 Å². The van der Waals surface area contributed by atoms with Crippen LogP contribution in [0.4, 0.5) is 0 Å². The van der Waals surface area contributed by atoms with Crippen molar-refractivity contribution in [3.63, 3.8) is 0 Å². The molecule has 7 heteroatoms. The molecule has 1 unspecified atom stereocenters. The van der Waals surface area contributed by atoms with E-state index < -0.39 is 18.0 Å².